The van der Waals surface area contributed by atoms with Crippen LogP contribution in [0.15, 0.2) is 34.2 Å². The molecule has 0 bridgehead atoms. The Morgan fingerprint density at radius 1 is 1.30 bits per heavy atom. The molecule has 0 unspecified atom stereocenters. The number of benzene rings is 1. The maximum absolute atomic E-state index is 6.23. The van der Waals surface area contributed by atoms with Gasteiger partial charge in [-0.25, -0.2) is 9.97 Å². The molecule has 1 aromatic carbocycles. The Kier molecular flexibility index (Phi) is 3.85. The van der Waals surface area contributed by atoms with Gasteiger partial charge in [-0.3, -0.25) is 0 Å². The highest BCUT2D eigenvalue weighted by molar-refractivity contribution is 7.99. The average Bonchev–Trinajstić information content (AvgIpc) is 3.28. The molecule has 1 aromatic heterocycles. The number of ether oxygens (including phenoxy) is 1. The standard InChI is InChI=1S/C15H15ClN2OS/c1-9-13(16)17-14(10-6-7-10)18-15(9)20-12-5-3-4-11(8-12)19-2/h3-5,8,10H,6-7H2,1-2H3. The number of rotatable bonds is 4. The topological polar surface area (TPSA) is 35.0 Å². The van der Waals surface area contributed by atoms with Gasteiger partial charge >= 0.3 is 0 Å². The van der Waals surface area contributed by atoms with Gasteiger partial charge in [-0.1, -0.05) is 29.4 Å². The summed E-state index contributed by atoms with van der Waals surface area (Å²) in [6.07, 6.45) is 2.34. The summed E-state index contributed by atoms with van der Waals surface area (Å²) in [6, 6.07) is 7.94. The quantitative estimate of drug-likeness (QED) is 0.780. The minimum atomic E-state index is 0.498. The van der Waals surface area contributed by atoms with Crippen molar-refractivity contribution >= 4 is 23.4 Å². The van der Waals surface area contributed by atoms with Crippen molar-refractivity contribution in [2.45, 2.75) is 35.6 Å². The Labute approximate surface area is 127 Å². The predicted octanol–water partition coefficient (Wildman–Crippen LogP) is 4.48. The smallest absolute Gasteiger partial charge is 0.136 e. The zero-order chi connectivity index (χ0) is 14.1. The summed E-state index contributed by atoms with van der Waals surface area (Å²) in [5.41, 5.74) is 0.934. The lowest BCUT2D eigenvalue weighted by atomic mass is 10.3. The normalized spacial score (nSPS) is 14.3. The number of nitrogens with zero attached hydrogens (tertiary/aromatic N) is 2. The van der Waals surface area contributed by atoms with Crippen molar-refractivity contribution in [1.29, 1.82) is 0 Å². The van der Waals surface area contributed by atoms with Gasteiger partial charge in [0.2, 0.25) is 0 Å². The lowest BCUT2D eigenvalue weighted by Crippen LogP contribution is -1.98. The minimum Gasteiger partial charge on any atom is -0.497 e. The van der Waals surface area contributed by atoms with Crippen LogP contribution in [-0.4, -0.2) is 17.1 Å². The third kappa shape index (κ3) is 2.91. The molecule has 3 rings (SSSR count). The number of hydrogen-bond acceptors (Lipinski definition) is 4. The van der Waals surface area contributed by atoms with Crippen molar-refractivity contribution in [3.05, 3.63) is 40.8 Å². The highest BCUT2D eigenvalue weighted by Gasteiger charge is 2.28. The van der Waals surface area contributed by atoms with Gasteiger partial charge in [0.15, 0.2) is 0 Å². The zero-order valence-corrected chi connectivity index (χ0v) is 13.0. The number of aromatic nitrogens is 2. The zero-order valence-electron chi connectivity index (χ0n) is 11.4. The largest absolute Gasteiger partial charge is 0.497 e. The first-order valence-corrected chi connectivity index (χ1v) is 7.73. The second-order valence-corrected chi connectivity index (χ2v) is 6.28. The fraction of sp³-hybridized carbons (Fsp3) is 0.333. The highest BCUT2D eigenvalue weighted by atomic mass is 35.5. The summed E-state index contributed by atoms with van der Waals surface area (Å²) >= 11 is 7.83. The van der Waals surface area contributed by atoms with Gasteiger partial charge in [-0.2, -0.15) is 0 Å². The van der Waals surface area contributed by atoms with Crippen LogP contribution >= 0.6 is 23.4 Å². The highest BCUT2D eigenvalue weighted by Crippen LogP contribution is 2.41. The third-order valence-corrected chi connectivity index (χ3v) is 4.71. The van der Waals surface area contributed by atoms with Crippen LogP contribution in [0.2, 0.25) is 5.15 Å². The van der Waals surface area contributed by atoms with E-state index in [1.807, 2.05) is 31.2 Å². The van der Waals surface area contributed by atoms with E-state index < -0.39 is 0 Å². The molecular formula is C15H15ClN2OS. The van der Waals surface area contributed by atoms with E-state index in [0.717, 1.165) is 27.1 Å². The van der Waals surface area contributed by atoms with Crippen LogP contribution in [-0.2, 0) is 0 Å². The first-order chi connectivity index (χ1) is 9.67. The van der Waals surface area contributed by atoms with E-state index in [9.17, 15) is 0 Å². The Bertz CT molecular complexity index is 644. The Balaban J connectivity index is 1.92. The molecule has 0 radical (unpaired) electrons. The van der Waals surface area contributed by atoms with Crippen LogP contribution in [0.25, 0.3) is 0 Å². The van der Waals surface area contributed by atoms with Crippen LogP contribution in [0.1, 0.15) is 30.1 Å². The Morgan fingerprint density at radius 3 is 2.80 bits per heavy atom. The minimum absolute atomic E-state index is 0.498. The van der Waals surface area contributed by atoms with Crippen LogP contribution in [0, 0.1) is 6.92 Å². The van der Waals surface area contributed by atoms with E-state index in [1.165, 1.54) is 12.8 Å². The van der Waals surface area contributed by atoms with Crippen molar-refractivity contribution in [2.75, 3.05) is 7.11 Å². The molecule has 0 N–H and O–H groups in total. The van der Waals surface area contributed by atoms with Crippen LogP contribution in [0.3, 0.4) is 0 Å². The molecule has 1 aliphatic rings. The fourth-order valence-corrected chi connectivity index (χ4v) is 3.05. The maximum atomic E-state index is 6.23. The van der Waals surface area contributed by atoms with E-state index in [4.69, 9.17) is 16.3 Å². The molecule has 20 heavy (non-hydrogen) atoms. The van der Waals surface area contributed by atoms with Gasteiger partial charge in [0, 0.05) is 16.4 Å². The van der Waals surface area contributed by atoms with Crippen molar-refractivity contribution in [3.8, 4) is 5.75 Å². The van der Waals surface area contributed by atoms with Crippen molar-refractivity contribution in [1.82, 2.24) is 9.97 Å². The summed E-state index contributed by atoms with van der Waals surface area (Å²) < 4.78 is 5.25. The molecule has 2 aromatic rings. The summed E-state index contributed by atoms with van der Waals surface area (Å²) in [5.74, 6) is 2.22. The first kappa shape index (κ1) is 13.7. The molecule has 0 atom stereocenters. The van der Waals surface area contributed by atoms with Gasteiger partial charge in [0.1, 0.15) is 21.8 Å². The molecule has 0 spiro atoms. The molecule has 1 saturated carbocycles. The number of hydrogen-bond donors (Lipinski definition) is 0. The predicted molar refractivity (Wildman–Crippen MR) is 80.9 cm³/mol. The monoisotopic (exact) mass is 306 g/mol. The lowest BCUT2D eigenvalue weighted by molar-refractivity contribution is 0.413. The number of halogens is 1. The van der Waals surface area contributed by atoms with Gasteiger partial charge in [0.05, 0.1) is 7.11 Å². The molecule has 1 heterocycles. The molecule has 0 aliphatic heterocycles. The van der Waals surface area contributed by atoms with E-state index in [-0.39, 0.29) is 0 Å². The van der Waals surface area contributed by atoms with E-state index in [2.05, 4.69) is 9.97 Å². The summed E-state index contributed by atoms with van der Waals surface area (Å²) in [4.78, 5) is 10.1. The Morgan fingerprint density at radius 2 is 2.10 bits per heavy atom. The molecule has 1 fully saturated rings. The van der Waals surface area contributed by atoms with Crippen LogP contribution in [0.5, 0.6) is 5.75 Å². The van der Waals surface area contributed by atoms with Gasteiger partial charge in [0.25, 0.3) is 0 Å². The van der Waals surface area contributed by atoms with Crippen LogP contribution in [0.4, 0.5) is 0 Å². The molecule has 3 nitrogen and oxygen atoms in total. The van der Waals surface area contributed by atoms with Crippen molar-refractivity contribution in [3.63, 3.8) is 0 Å². The summed E-state index contributed by atoms with van der Waals surface area (Å²) in [5, 5.41) is 1.49. The van der Waals surface area contributed by atoms with Gasteiger partial charge in [-0.15, -0.1) is 0 Å². The summed E-state index contributed by atoms with van der Waals surface area (Å²) in [6.45, 7) is 1.96. The van der Waals surface area contributed by atoms with Crippen molar-refractivity contribution < 1.29 is 4.74 Å². The summed E-state index contributed by atoms with van der Waals surface area (Å²) in [7, 11) is 1.67. The van der Waals surface area contributed by atoms with E-state index >= 15 is 0 Å². The average molecular weight is 307 g/mol. The van der Waals surface area contributed by atoms with E-state index in [1.54, 1.807) is 18.9 Å². The molecular weight excluding hydrogens is 292 g/mol. The lowest BCUT2D eigenvalue weighted by Gasteiger charge is -2.09. The van der Waals surface area contributed by atoms with Crippen molar-refractivity contribution in [2.24, 2.45) is 0 Å². The molecule has 104 valence electrons. The maximum Gasteiger partial charge on any atom is 0.136 e. The third-order valence-electron chi connectivity index (χ3n) is 3.26. The molecule has 5 heteroatoms. The van der Waals surface area contributed by atoms with Gasteiger partial charge in [-0.05, 0) is 38.0 Å². The molecule has 0 amide bonds. The number of methoxy groups -OCH3 is 1. The van der Waals surface area contributed by atoms with E-state index in [0.29, 0.717) is 11.1 Å². The van der Waals surface area contributed by atoms with Crippen LogP contribution < -0.4 is 4.74 Å². The second kappa shape index (κ2) is 5.62. The SMILES string of the molecule is COc1cccc(Sc2nc(C3CC3)nc(Cl)c2C)c1. The molecule has 1 aliphatic carbocycles. The second-order valence-electron chi connectivity index (χ2n) is 4.86. The Hall–Kier alpha value is -1.26. The first-order valence-electron chi connectivity index (χ1n) is 6.53. The fourth-order valence-electron chi connectivity index (χ4n) is 1.89. The molecule has 0 saturated heterocycles. The van der Waals surface area contributed by atoms with Gasteiger partial charge < -0.3 is 4.74 Å².